The lowest BCUT2D eigenvalue weighted by Gasteiger charge is -2.34. The number of halogens is 1. The Kier molecular flexibility index (Phi) is 5.48. The van der Waals surface area contributed by atoms with Crippen molar-refractivity contribution in [1.82, 2.24) is 4.68 Å². The molecular formula is C22H22ClN3O2S. The van der Waals surface area contributed by atoms with Crippen molar-refractivity contribution in [1.29, 1.82) is 0 Å². The molecule has 2 aromatic carbocycles. The first-order valence-electron chi connectivity index (χ1n) is 9.29. The number of benzene rings is 2. The van der Waals surface area contributed by atoms with Gasteiger partial charge in [0.2, 0.25) is 5.91 Å². The van der Waals surface area contributed by atoms with Gasteiger partial charge in [-0.05, 0) is 61.4 Å². The Labute approximate surface area is 179 Å². The highest BCUT2D eigenvalue weighted by atomic mass is 35.5. The van der Waals surface area contributed by atoms with E-state index in [1.54, 1.807) is 24.9 Å². The normalized spacial score (nSPS) is 17.9. The van der Waals surface area contributed by atoms with Crippen LogP contribution in [-0.4, -0.2) is 22.9 Å². The second-order valence-electron chi connectivity index (χ2n) is 7.02. The third-order valence-corrected chi connectivity index (χ3v) is 6.59. The van der Waals surface area contributed by atoms with Gasteiger partial charge in [-0.25, -0.2) is 0 Å². The third kappa shape index (κ3) is 3.95. The van der Waals surface area contributed by atoms with Gasteiger partial charge in [0.25, 0.3) is 0 Å². The second kappa shape index (κ2) is 8.05. The molecule has 2 atom stereocenters. The minimum absolute atomic E-state index is 0.0706. The van der Waals surface area contributed by atoms with Crippen LogP contribution in [0.5, 0.6) is 5.75 Å². The van der Waals surface area contributed by atoms with Gasteiger partial charge in [0.15, 0.2) is 0 Å². The number of carbonyl (C=O) groups is 1. The molecule has 0 aliphatic carbocycles. The first kappa shape index (κ1) is 19.7. The number of nitrogens with one attached hydrogen (secondary N) is 2. The van der Waals surface area contributed by atoms with Gasteiger partial charge < -0.3 is 15.5 Å². The van der Waals surface area contributed by atoms with E-state index < -0.39 is 0 Å². The molecule has 1 amide bonds. The predicted octanol–water partition coefficient (Wildman–Crippen LogP) is 5.16. The monoisotopic (exact) mass is 427 g/mol. The van der Waals surface area contributed by atoms with Crippen molar-refractivity contribution in [2.75, 3.05) is 17.9 Å². The van der Waals surface area contributed by atoms with Crippen LogP contribution < -0.4 is 15.5 Å². The van der Waals surface area contributed by atoms with E-state index in [-0.39, 0.29) is 17.2 Å². The van der Waals surface area contributed by atoms with Crippen LogP contribution in [0.1, 0.15) is 22.9 Å². The van der Waals surface area contributed by atoms with Crippen LogP contribution in [0.2, 0.25) is 5.02 Å². The summed E-state index contributed by atoms with van der Waals surface area (Å²) in [4.78, 5) is 13.3. The van der Waals surface area contributed by atoms with Crippen LogP contribution in [0.3, 0.4) is 0 Å². The van der Waals surface area contributed by atoms with Crippen LogP contribution in [0.15, 0.2) is 59.6 Å². The van der Waals surface area contributed by atoms with Crippen molar-refractivity contribution in [3.63, 3.8) is 0 Å². The van der Waals surface area contributed by atoms with Gasteiger partial charge >= 0.3 is 0 Å². The predicted molar refractivity (Wildman–Crippen MR) is 119 cm³/mol. The summed E-state index contributed by atoms with van der Waals surface area (Å²) in [6.07, 6.45) is 0. The lowest BCUT2D eigenvalue weighted by Crippen LogP contribution is -2.41. The van der Waals surface area contributed by atoms with Crippen LogP contribution in [0.25, 0.3) is 0 Å². The Hall–Kier alpha value is -2.57. The summed E-state index contributed by atoms with van der Waals surface area (Å²) in [5.41, 5.74) is 7.32. The minimum atomic E-state index is -0.358. The van der Waals surface area contributed by atoms with Crippen LogP contribution in [0, 0.1) is 13.8 Å². The fraction of sp³-hybridized carbons (Fsp3) is 0.227. The first-order chi connectivity index (χ1) is 14.0. The number of aryl methyl sites for hydroxylation is 2. The maximum Gasteiger partial charge on any atom is 0.240 e. The molecular weight excluding hydrogens is 406 g/mol. The van der Waals surface area contributed by atoms with Crippen LogP contribution in [0.4, 0.5) is 5.69 Å². The molecule has 3 aromatic rings. The van der Waals surface area contributed by atoms with Crippen LogP contribution >= 0.6 is 23.4 Å². The maximum atomic E-state index is 13.3. The molecule has 150 valence electrons. The maximum absolute atomic E-state index is 13.3. The molecule has 0 saturated heterocycles. The molecule has 1 aromatic heterocycles. The van der Waals surface area contributed by atoms with Gasteiger partial charge in [-0.15, -0.1) is 0 Å². The number of fused-ring (bicyclic) bond motifs is 1. The molecule has 0 radical (unpaired) electrons. The molecule has 0 bridgehead atoms. The lowest BCUT2D eigenvalue weighted by atomic mass is 10.0. The number of thioether (sulfide) groups is 1. The summed E-state index contributed by atoms with van der Waals surface area (Å²) in [5.74, 6) is 0.712. The zero-order valence-electron chi connectivity index (χ0n) is 16.4. The van der Waals surface area contributed by atoms with Crippen molar-refractivity contribution < 1.29 is 9.53 Å². The average molecular weight is 428 g/mol. The summed E-state index contributed by atoms with van der Waals surface area (Å²) >= 11 is 7.68. The highest BCUT2D eigenvalue weighted by Crippen LogP contribution is 2.39. The Bertz CT molecular complexity index is 1050. The molecule has 0 fully saturated rings. The Morgan fingerprint density at radius 1 is 1.14 bits per heavy atom. The van der Waals surface area contributed by atoms with Crippen molar-refractivity contribution in [2.24, 2.45) is 0 Å². The number of hydrogen-bond donors (Lipinski definition) is 2. The topological polar surface area (TPSA) is 55.3 Å². The summed E-state index contributed by atoms with van der Waals surface area (Å²) in [5, 5.41) is 4.31. The molecule has 4 rings (SSSR count). The first-order valence-corrected chi connectivity index (χ1v) is 10.5. The molecule has 1 aliphatic rings. The third-order valence-electron chi connectivity index (χ3n) is 5.05. The SMILES string of the molecule is COc1ccc(C2Nn3c(C)ccc3SC2C(=O)Nc2cc(Cl)ccc2C)cc1. The number of nitrogens with zero attached hydrogens (tertiary/aromatic N) is 1. The van der Waals surface area contributed by atoms with E-state index in [2.05, 4.69) is 10.7 Å². The van der Waals surface area contributed by atoms with E-state index in [0.29, 0.717) is 5.02 Å². The fourth-order valence-corrected chi connectivity index (χ4v) is 4.78. The molecule has 5 nitrogen and oxygen atoms in total. The van der Waals surface area contributed by atoms with E-state index in [0.717, 1.165) is 33.3 Å². The van der Waals surface area contributed by atoms with E-state index in [9.17, 15) is 4.79 Å². The average Bonchev–Trinajstić information content (AvgIpc) is 3.10. The van der Waals surface area contributed by atoms with E-state index in [1.807, 2.05) is 67.1 Å². The molecule has 2 N–H and O–H groups in total. The van der Waals surface area contributed by atoms with E-state index in [4.69, 9.17) is 16.3 Å². The number of anilines is 1. The quantitative estimate of drug-likeness (QED) is 0.603. The second-order valence-corrected chi connectivity index (χ2v) is 8.61. The molecule has 1 aliphatic heterocycles. The summed E-state index contributed by atoms with van der Waals surface area (Å²) in [6.45, 7) is 3.99. The van der Waals surface area contributed by atoms with Gasteiger partial charge in [0.1, 0.15) is 11.0 Å². The highest BCUT2D eigenvalue weighted by molar-refractivity contribution is 8.00. The van der Waals surface area contributed by atoms with Gasteiger partial charge in [0.05, 0.1) is 18.2 Å². The van der Waals surface area contributed by atoms with Crippen LogP contribution in [-0.2, 0) is 4.79 Å². The number of hydrogen-bond acceptors (Lipinski definition) is 4. The van der Waals surface area contributed by atoms with E-state index in [1.165, 1.54) is 0 Å². The molecule has 0 spiro atoms. The number of rotatable bonds is 4. The number of amides is 1. The van der Waals surface area contributed by atoms with Crippen molar-refractivity contribution in [2.45, 2.75) is 30.2 Å². The van der Waals surface area contributed by atoms with E-state index >= 15 is 0 Å². The number of ether oxygens (including phenoxy) is 1. The molecule has 29 heavy (non-hydrogen) atoms. The lowest BCUT2D eigenvalue weighted by molar-refractivity contribution is -0.116. The largest absolute Gasteiger partial charge is 0.497 e. The molecule has 7 heteroatoms. The smallest absolute Gasteiger partial charge is 0.240 e. The Morgan fingerprint density at radius 2 is 1.90 bits per heavy atom. The van der Waals surface area contributed by atoms with Crippen molar-refractivity contribution in [3.8, 4) is 5.75 Å². The van der Waals surface area contributed by atoms with Gasteiger partial charge in [-0.2, -0.15) is 0 Å². The molecule has 2 heterocycles. The molecule has 2 unspecified atom stereocenters. The molecule has 0 saturated carbocycles. The fourth-order valence-electron chi connectivity index (χ4n) is 3.38. The number of aromatic nitrogens is 1. The number of carbonyl (C=O) groups excluding carboxylic acids is 1. The Morgan fingerprint density at radius 3 is 2.62 bits per heavy atom. The zero-order valence-corrected chi connectivity index (χ0v) is 18.0. The van der Waals surface area contributed by atoms with Gasteiger partial charge in [0, 0.05) is 16.4 Å². The van der Waals surface area contributed by atoms with Crippen molar-refractivity contribution in [3.05, 3.63) is 76.4 Å². The Balaban J connectivity index is 1.67. The van der Waals surface area contributed by atoms with Crippen molar-refractivity contribution >= 4 is 35.0 Å². The standard InChI is InChI=1S/C22H22ClN3O2S/c1-13-4-8-16(23)12-18(13)24-22(27)21-20(15-6-9-17(28-3)10-7-15)25-26-14(2)5-11-19(26)29-21/h4-12,20-21,25H,1-3H3,(H,24,27). The summed E-state index contributed by atoms with van der Waals surface area (Å²) in [7, 11) is 1.64. The summed E-state index contributed by atoms with van der Waals surface area (Å²) in [6, 6.07) is 17.2. The number of methoxy groups -OCH3 is 1. The highest BCUT2D eigenvalue weighted by Gasteiger charge is 2.36. The zero-order chi connectivity index (χ0) is 20.5. The van der Waals surface area contributed by atoms with Gasteiger partial charge in [-0.3, -0.25) is 9.47 Å². The minimum Gasteiger partial charge on any atom is -0.497 e. The summed E-state index contributed by atoms with van der Waals surface area (Å²) < 4.78 is 7.31. The van der Waals surface area contributed by atoms with Gasteiger partial charge in [-0.1, -0.05) is 41.6 Å².